The average Bonchev–Trinajstić information content (AvgIpc) is 1.63. The van der Waals surface area contributed by atoms with Crippen LogP contribution in [0.4, 0.5) is 0 Å². The fourth-order valence-electron chi connectivity index (χ4n) is 0.258. The monoisotopic (exact) mass is 155 g/mol. The molecule has 9 heavy (non-hydrogen) atoms. The zero-order chi connectivity index (χ0) is 7.49. The van der Waals surface area contributed by atoms with Crippen LogP contribution in [0, 0.1) is 0 Å². The molecule has 0 rings (SSSR count). The first-order valence-corrected chi connectivity index (χ1v) is 3.63. The van der Waals surface area contributed by atoms with Crippen LogP contribution in [0.15, 0.2) is 0 Å². The molecule has 0 aliphatic heterocycles. The molecule has 0 bridgehead atoms. The summed E-state index contributed by atoms with van der Waals surface area (Å²) in [5, 5.41) is 0. The van der Waals surface area contributed by atoms with E-state index in [9.17, 15) is 8.42 Å². The molecule has 0 aromatic carbocycles. The molecular formula is C3H9NO4S. The molecule has 0 unspecified atom stereocenters. The van der Waals surface area contributed by atoms with Crippen LogP contribution in [0.2, 0.25) is 0 Å². The summed E-state index contributed by atoms with van der Waals surface area (Å²) in [6.07, 6.45) is -0.446. The minimum absolute atomic E-state index is 0.446. The van der Waals surface area contributed by atoms with Crippen molar-refractivity contribution >= 4 is 10.4 Å². The molecule has 2 N–H and O–H groups in total. The minimum atomic E-state index is -3.94. The molecule has 6 heteroatoms. The van der Waals surface area contributed by atoms with Gasteiger partial charge in [0, 0.05) is 0 Å². The maximum Gasteiger partial charge on any atom is 0.416 e. The summed E-state index contributed by atoms with van der Waals surface area (Å²) in [5.41, 5.74) is 0. The quantitative estimate of drug-likeness (QED) is 0.558. The molecule has 0 amide bonds. The maximum atomic E-state index is 10.2. The predicted octanol–water partition coefficient (Wildman–Crippen LogP) is -0.453. The normalized spacial score (nSPS) is 12.4. The second-order valence-corrected chi connectivity index (χ2v) is 2.85. The van der Waals surface area contributed by atoms with Crippen molar-refractivity contribution < 1.29 is 16.9 Å². The highest BCUT2D eigenvalue weighted by Crippen LogP contribution is 1.96. The van der Waals surface area contributed by atoms with Gasteiger partial charge >= 0.3 is 10.4 Å². The second-order valence-electron chi connectivity index (χ2n) is 1.65. The van der Waals surface area contributed by atoms with Gasteiger partial charge in [-0.1, -0.05) is 0 Å². The maximum absolute atomic E-state index is 10.2. The summed E-state index contributed by atoms with van der Waals surface area (Å²) in [4.78, 5) is 0. The lowest BCUT2D eigenvalue weighted by atomic mass is 10.5. The summed E-state index contributed by atoms with van der Waals surface area (Å²) < 4.78 is 28.2. The molecule has 0 atom stereocenters. The molecule has 56 valence electrons. The van der Waals surface area contributed by atoms with Crippen molar-refractivity contribution in [1.29, 1.82) is 0 Å². The number of nitrogens with two attached hydrogens (primary N) is 1. The van der Waals surface area contributed by atoms with E-state index < -0.39 is 16.5 Å². The molecule has 5 nitrogen and oxygen atoms in total. The topological polar surface area (TPSA) is 78.6 Å². The van der Waals surface area contributed by atoms with Crippen LogP contribution in [-0.2, 0) is 18.9 Å². The van der Waals surface area contributed by atoms with Crippen molar-refractivity contribution in [2.24, 2.45) is 5.90 Å². The van der Waals surface area contributed by atoms with Gasteiger partial charge < -0.3 is 0 Å². The highest BCUT2D eigenvalue weighted by Gasteiger charge is 2.11. The van der Waals surface area contributed by atoms with Gasteiger partial charge in [0.15, 0.2) is 0 Å². The molecule has 0 fully saturated rings. The zero-order valence-corrected chi connectivity index (χ0v) is 6.01. The lowest BCUT2D eigenvalue weighted by Crippen LogP contribution is -2.18. The van der Waals surface area contributed by atoms with Gasteiger partial charge in [-0.2, -0.15) is 18.6 Å². The molecule has 0 radical (unpaired) electrons. The molecular weight excluding hydrogens is 146 g/mol. The van der Waals surface area contributed by atoms with E-state index in [1.54, 1.807) is 13.8 Å². The van der Waals surface area contributed by atoms with E-state index in [2.05, 4.69) is 14.4 Å². The Balaban J connectivity index is 3.90. The van der Waals surface area contributed by atoms with Gasteiger partial charge in [0.2, 0.25) is 0 Å². The molecule has 0 spiro atoms. The average molecular weight is 155 g/mol. The Morgan fingerprint density at radius 1 is 1.44 bits per heavy atom. The largest absolute Gasteiger partial charge is 0.416 e. The number of hydrogen-bond acceptors (Lipinski definition) is 5. The van der Waals surface area contributed by atoms with Crippen LogP contribution < -0.4 is 5.90 Å². The Hall–Kier alpha value is -0.170. The standard InChI is InChI=1S/C3H9NO4S/c1-3(2)7-9(5,6)8-4/h3H,4H2,1-2H3. The lowest BCUT2D eigenvalue weighted by molar-refractivity contribution is 0.180. The van der Waals surface area contributed by atoms with Crippen LogP contribution in [0.3, 0.4) is 0 Å². The van der Waals surface area contributed by atoms with Crippen LogP contribution in [0.25, 0.3) is 0 Å². The van der Waals surface area contributed by atoms with E-state index >= 15 is 0 Å². The zero-order valence-electron chi connectivity index (χ0n) is 5.20. The van der Waals surface area contributed by atoms with Crippen LogP contribution in [0.1, 0.15) is 13.8 Å². The van der Waals surface area contributed by atoms with Gasteiger partial charge in [0.25, 0.3) is 0 Å². The SMILES string of the molecule is CC(C)OS(=O)(=O)ON. The molecule has 0 saturated heterocycles. The Kier molecular flexibility index (Phi) is 3.06. The molecule has 0 aliphatic carbocycles. The number of hydrogen-bond donors (Lipinski definition) is 1. The van der Waals surface area contributed by atoms with Crippen molar-refractivity contribution in [2.45, 2.75) is 20.0 Å². The van der Waals surface area contributed by atoms with Crippen LogP contribution >= 0.6 is 0 Å². The van der Waals surface area contributed by atoms with Crippen molar-refractivity contribution in [3.63, 3.8) is 0 Å². The summed E-state index contributed by atoms with van der Waals surface area (Å²) in [5.74, 6) is 4.34. The molecule has 0 aliphatic rings. The summed E-state index contributed by atoms with van der Waals surface area (Å²) in [6.45, 7) is 3.10. The highest BCUT2D eigenvalue weighted by atomic mass is 32.3. The third kappa shape index (κ3) is 4.34. The van der Waals surface area contributed by atoms with E-state index in [1.807, 2.05) is 0 Å². The Bertz CT molecular complexity index is 161. The van der Waals surface area contributed by atoms with E-state index in [4.69, 9.17) is 0 Å². The van der Waals surface area contributed by atoms with E-state index in [0.717, 1.165) is 0 Å². The Labute approximate surface area is 54.0 Å². The Morgan fingerprint density at radius 2 is 1.89 bits per heavy atom. The third-order valence-electron chi connectivity index (χ3n) is 0.428. The van der Waals surface area contributed by atoms with Gasteiger partial charge in [-0.15, -0.1) is 0 Å². The molecule has 0 saturated carbocycles. The molecule has 0 heterocycles. The van der Waals surface area contributed by atoms with Crippen molar-refractivity contribution in [3.8, 4) is 0 Å². The fraction of sp³-hybridized carbons (Fsp3) is 1.00. The van der Waals surface area contributed by atoms with Gasteiger partial charge in [-0.05, 0) is 13.8 Å². The highest BCUT2D eigenvalue weighted by molar-refractivity contribution is 7.81. The fourth-order valence-corrected chi connectivity index (χ4v) is 0.775. The summed E-state index contributed by atoms with van der Waals surface area (Å²) >= 11 is 0. The first-order valence-electron chi connectivity index (χ1n) is 2.29. The van der Waals surface area contributed by atoms with E-state index in [0.29, 0.717) is 0 Å². The minimum Gasteiger partial charge on any atom is -0.244 e. The lowest BCUT2D eigenvalue weighted by Gasteiger charge is -2.03. The van der Waals surface area contributed by atoms with Gasteiger partial charge in [0.1, 0.15) is 0 Å². The van der Waals surface area contributed by atoms with Crippen molar-refractivity contribution in [2.75, 3.05) is 0 Å². The van der Waals surface area contributed by atoms with E-state index in [1.165, 1.54) is 0 Å². The van der Waals surface area contributed by atoms with Crippen LogP contribution in [0.5, 0.6) is 0 Å². The van der Waals surface area contributed by atoms with Crippen molar-refractivity contribution in [3.05, 3.63) is 0 Å². The first kappa shape index (κ1) is 8.83. The summed E-state index contributed by atoms with van der Waals surface area (Å²) in [7, 11) is -3.94. The van der Waals surface area contributed by atoms with Gasteiger partial charge in [-0.25, -0.2) is 4.18 Å². The van der Waals surface area contributed by atoms with Crippen molar-refractivity contribution in [1.82, 2.24) is 0 Å². The van der Waals surface area contributed by atoms with E-state index in [-0.39, 0.29) is 0 Å². The smallest absolute Gasteiger partial charge is 0.244 e. The molecule has 0 aromatic heterocycles. The number of rotatable bonds is 3. The van der Waals surface area contributed by atoms with Gasteiger partial charge in [0.05, 0.1) is 6.10 Å². The third-order valence-corrected chi connectivity index (χ3v) is 1.28. The summed E-state index contributed by atoms with van der Waals surface area (Å²) in [6, 6.07) is 0. The second kappa shape index (κ2) is 3.11. The van der Waals surface area contributed by atoms with Crippen LogP contribution in [-0.4, -0.2) is 14.5 Å². The molecule has 0 aromatic rings. The van der Waals surface area contributed by atoms with Gasteiger partial charge in [-0.3, -0.25) is 0 Å². The Morgan fingerprint density at radius 3 is 2.00 bits per heavy atom. The predicted molar refractivity (Wildman–Crippen MR) is 30.4 cm³/mol. The first-order chi connectivity index (χ1) is 3.98.